The average Bonchev–Trinajstić information content (AvgIpc) is 1.52. The first-order valence-corrected chi connectivity index (χ1v) is 42.6. The summed E-state index contributed by atoms with van der Waals surface area (Å²) in [6.07, 6.45) is 0. The highest BCUT2D eigenvalue weighted by molar-refractivity contribution is 7.20. The second kappa shape index (κ2) is 27.0. The molecule has 0 aliphatic heterocycles. The van der Waals surface area contributed by atoms with Gasteiger partial charge in [-0.1, -0.05) is 280 Å². The lowest BCUT2D eigenvalue weighted by molar-refractivity contribution is 0.603. The molecule has 8 heteroatoms. The molecule has 4 aliphatic rings. The van der Waals surface area contributed by atoms with Crippen LogP contribution in [0, 0.1) is 0 Å². The van der Waals surface area contributed by atoms with Gasteiger partial charge < -0.3 is 28.4 Å². The molecule has 0 saturated carbocycles. The molecule has 0 spiro atoms. The number of hydrogen-bond acceptors (Lipinski definition) is 8. The molecule has 568 valence electrons. The van der Waals surface area contributed by atoms with Crippen molar-refractivity contribution in [3.63, 3.8) is 0 Å². The van der Waals surface area contributed by atoms with Gasteiger partial charge in [-0.25, -0.2) is 0 Å². The third kappa shape index (κ3) is 10.9. The van der Waals surface area contributed by atoms with Crippen molar-refractivity contribution in [1.82, 2.24) is 0 Å². The number of fused-ring (bicyclic) bond motifs is 20. The lowest BCUT2D eigenvalue weighted by atomic mass is 9.74. The minimum absolute atomic E-state index is 0.182. The summed E-state index contributed by atoms with van der Waals surface area (Å²) in [5.41, 5.74) is 35.2. The van der Waals surface area contributed by atoms with Gasteiger partial charge in [0.1, 0.15) is 11.2 Å². The largest absolute Gasteiger partial charge is 0.454 e. The Morgan fingerprint density at radius 3 is 0.847 bits per heavy atom. The molecule has 0 unspecified atom stereocenters. The molecule has 0 radical (unpaired) electrons. The van der Waals surface area contributed by atoms with Crippen molar-refractivity contribution in [2.75, 3.05) is 19.6 Å². The zero-order valence-corrected chi connectivity index (χ0v) is 68.7. The van der Waals surface area contributed by atoms with Gasteiger partial charge in [0.25, 0.3) is 0 Å². The van der Waals surface area contributed by atoms with Crippen molar-refractivity contribution in [2.24, 2.45) is 0 Å². The van der Waals surface area contributed by atoms with E-state index in [9.17, 15) is 0 Å². The van der Waals surface area contributed by atoms with Crippen LogP contribution in [-0.2, 0) is 21.7 Å². The SMILES string of the molecule is CC1(C)c2cc(N(c3ccccc3)c3ccccc3)ccc2-c2sc3c(c21)C(C)(C)c1cc(N(c2ccccc2)c2cccc4c2oc2ccccc24)ccc1-3.CC1(C)c2cc(N(c3ccccc3)c3ccccc3)ccc2-c2sc3c(c21)C(C)(C)c1cc(N(c2ccccc2-c2ccccc2)c2cccc4c2oc2ccccc24)ccc1-3. The van der Waals surface area contributed by atoms with Crippen LogP contribution in [0.4, 0.5) is 68.2 Å². The lowest BCUT2D eigenvalue weighted by Crippen LogP contribution is -2.23. The van der Waals surface area contributed by atoms with E-state index in [0.29, 0.717) is 0 Å². The fourth-order valence-electron chi connectivity index (χ4n) is 20.1. The summed E-state index contributed by atoms with van der Waals surface area (Å²) in [7, 11) is 0. The Morgan fingerprint density at radius 2 is 0.483 bits per heavy atom. The summed E-state index contributed by atoms with van der Waals surface area (Å²) in [5.74, 6) is 0. The zero-order valence-electron chi connectivity index (χ0n) is 67.1. The number of para-hydroxylation sites is 10. The predicted octanol–water partition coefficient (Wildman–Crippen LogP) is 32.1. The van der Waals surface area contributed by atoms with E-state index in [2.05, 4.69) is 427 Å². The van der Waals surface area contributed by atoms with Gasteiger partial charge >= 0.3 is 0 Å². The molecule has 15 aromatic carbocycles. The number of hydrogen-bond donors (Lipinski definition) is 0. The maximum absolute atomic E-state index is 6.76. The maximum atomic E-state index is 6.76. The van der Waals surface area contributed by atoms with E-state index in [-0.39, 0.29) is 21.7 Å². The van der Waals surface area contributed by atoms with Crippen LogP contribution in [-0.4, -0.2) is 0 Å². The molecular formula is C110H84N4O2S2. The molecule has 0 fully saturated rings. The van der Waals surface area contributed by atoms with Crippen LogP contribution in [0.5, 0.6) is 0 Å². The maximum Gasteiger partial charge on any atom is 0.159 e. The second-order valence-electron chi connectivity index (χ2n) is 33.8. The monoisotopic (exact) mass is 1560 g/mol. The molecule has 0 bridgehead atoms. The van der Waals surface area contributed by atoms with Crippen molar-refractivity contribution in [3.05, 3.63) is 408 Å². The van der Waals surface area contributed by atoms with Crippen molar-refractivity contribution in [2.45, 2.75) is 77.0 Å². The van der Waals surface area contributed by atoms with Gasteiger partial charge in [0.2, 0.25) is 0 Å². The van der Waals surface area contributed by atoms with E-state index >= 15 is 0 Å². The third-order valence-electron chi connectivity index (χ3n) is 25.6. The first-order valence-electron chi connectivity index (χ1n) is 41.0. The van der Waals surface area contributed by atoms with Gasteiger partial charge in [-0.3, -0.25) is 0 Å². The Kier molecular flexibility index (Phi) is 16.3. The predicted molar refractivity (Wildman–Crippen MR) is 498 cm³/mol. The summed E-state index contributed by atoms with van der Waals surface area (Å²) in [5, 5.41) is 4.49. The molecule has 118 heavy (non-hydrogen) atoms. The lowest BCUT2D eigenvalue weighted by Gasteiger charge is -2.31. The molecule has 19 aromatic rings. The van der Waals surface area contributed by atoms with E-state index in [0.717, 1.165) is 106 Å². The van der Waals surface area contributed by atoms with E-state index in [4.69, 9.17) is 8.83 Å². The Hall–Kier alpha value is -13.5. The van der Waals surface area contributed by atoms with E-state index in [1.54, 1.807) is 0 Å². The molecule has 4 aliphatic carbocycles. The average molecular weight is 1560 g/mol. The quantitative estimate of drug-likeness (QED) is 0.115. The minimum atomic E-state index is -0.247. The first kappa shape index (κ1) is 71.1. The second-order valence-corrected chi connectivity index (χ2v) is 35.9. The van der Waals surface area contributed by atoms with Gasteiger partial charge in [0, 0.05) is 119 Å². The van der Waals surface area contributed by atoms with Crippen LogP contribution in [0.25, 0.3) is 96.8 Å². The molecule has 0 atom stereocenters. The highest BCUT2D eigenvalue weighted by Gasteiger charge is 2.51. The van der Waals surface area contributed by atoms with Gasteiger partial charge in [0.15, 0.2) is 11.2 Å². The van der Waals surface area contributed by atoms with Gasteiger partial charge in [0.05, 0.1) is 17.1 Å². The van der Waals surface area contributed by atoms with Gasteiger partial charge in [-0.15, -0.1) is 22.7 Å². The summed E-state index contributed by atoms with van der Waals surface area (Å²) in [6.45, 7) is 19.5. The van der Waals surface area contributed by atoms with Crippen LogP contribution < -0.4 is 19.6 Å². The normalized spacial score (nSPS) is 14.2. The standard InChI is InChI=1S/C58H44N2OS.C52H40N2OS/c1-57(2)47-35-40(59(38-21-10-6-11-22-38)39-23-12-7-13-24-39)31-33-45(47)55-52(57)53-56(62-55)46-34-32-41(36-48(46)58(53,3)4)60(49-28-16-14-25-42(49)37-19-8-5-9-20-37)50-29-18-27-44-43-26-15-17-30-51(43)61-54(44)50;1-51(2)42-31-36(53(33-17-8-5-9-18-33)34-19-10-6-11-20-34)27-29-40(42)49-46(51)47-50(56-49)41-30-28-37(32-43(41)52(47,3)4)54(35-21-12-7-13-22-35)44-25-16-24-39-38-23-14-15-26-45(38)55-48(39)44/h5-36H,1-4H3;5-32H,1-4H3. The molecular weight excluding hydrogens is 1470 g/mol. The highest BCUT2D eigenvalue weighted by atomic mass is 32.1. The van der Waals surface area contributed by atoms with E-state index < -0.39 is 0 Å². The molecule has 4 aromatic heterocycles. The molecule has 4 heterocycles. The van der Waals surface area contributed by atoms with Crippen molar-refractivity contribution in [1.29, 1.82) is 0 Å². The zero-order chi connectivity index (χ0) is 79.5. The summed E-state index contributed by atoms with van der Waals surface area (Å²) < 4.78 is 13.4. The smallest absolute Gasteiger partial charge is 0.159 e. The molecule has 0 saturated heterocycles. The number of anilines is 12. The summed E-state index contributed by atoms with van der Waals surface area (Å²) in [6, 6.07) is 131. The number of furan rings is 2. The molecule has 0 N–H and O–H groups in total. The van der Waals surface area contributed by atoms with Gasteiger partial charge in [-0.05, 0) is 212 Å². The fourth-order valence-corrected chi connectivity index (χ4v) is 23.4. The summed E-state index contributed by atoms with van der Waals surface area (Å²) in [4.78, 5) is 15.2. The Balaban J connectivity index is 0.000000143. The minimum Gasteiger partial charge on any atom is -0.454 e. The Labute approximate surface area is 696 Å². The van der Waals surface area contributed by atoms with Crippen molar-refractivity contribution < 1.29 is 8.83 Å². The molecule has 23 rings (SSSR count). The van der Waals surface area contributed by atoms with Crippen LogP contribution in [0.15, 0.2) is 373 Å². The van der Waals surface area contributed by atoms with Crippen molar-refractivity contribution in [3.8, 4) is 52.9 Å². The first-order chi connectivity index (χ1) is 57.6. The third-order valence-corrected chi connectivity index (χ3v) is 28.1. The molecule has 6 nitrogen and oxygen atoms in total. The number of rotatable bonds is 13. The molecule has 0 amide bonds. The van der Waals surface area contributed by atoms with Crippen LogP contribution >= 0.6 is 22.7 Å². The van der Waals surface area contributed by atoms with Gasteiger partial charge in [-0.2, -0.15) is 0 Å². The van der Waals surface area contributed by atoms with Crippen molar-refractivity contribution >= 4 is 135 Å². The Bertz CT molecular complexity index is 7120. The Morgan fingerprint density at radius 1 is 0.212 bits per heavy atom. The van der Waals surface area contributed by atoms with Crippen LogP contribution in [0.1, 0.15) is 99.9 Å². The summed E-state index contributed by atoms with van der Waals surface area (Å²) >= 11 is 3.95. The van der Waals surface area contributed by atoms with E-state index in [1.807, 2.05) is 34.8 Å². The van der Waals surface area contributed by atoms with Crippen LogP contribution in [0.3, 0.4) is 0 Å². The number of benzene rings is 15. The highest BCUT2D eigenvalue weighted by Crippen LogP contribution is 2.67. The number of thiophene rings is 2. The van der Waals surface area contributed by atoms with E-state index in [1.165, 1.54) is 103 Å². The fraction of sp³-hybridized carbons (Fsp3) is 0.109. The van der Waals surface area contributed by atoms with Crippen LogP contribution in [0.2, 0.25) is 0 Å². The topological polar surface area (TPSA) is 39.2 Å². The number of nitrogens with zero attached hydrogens (tertiary/aromatic N) is 4.